The highest BCUT2D eigenvalue weighted by molar-refractivity contribution is 6.67. The monoisotopic (exact) mass is 223 g/mol. The highest BCUT2D eigenvalue weighted by Crippen LogP contribution is 2.24. The molecule has 1 aromatic heterocycles. The zero-order valence-corrected chi connectivity index (χ0v) is 7.78. The fourth-order valence-corrected chi connectivity index (χ4v) is 1.20. The van der Waals surface area contributed by atoms with Crippen LogP contribution in [0.25, 0.3) is 0 Å². The molecule has 1 rings (SSSR count). The van der Waals surface area contributed by atoms with Gasteiger partial charge in [0.25, 0.3) is 11.7 Å². The Bertz CT molecular complexity index is 381. The predicted molar refractivity (Wildman–Crippen MR) is 44.1 cm³/mol. The first-order valence-corrected chi connectivity index (χ1v) is 3.96. The zero-order valence-electron chi connectivity index (χ0n) is 7.02. The highest BCUT2D eigenvalue weighted by atomic mass is 35.5. The van der Waals surface area contributed by atoms with Crippen LogP contribution in [-0.4, -0.2) is 10.2 Å². The number of rotatable bonds is 2. The molecular formula is C8H5ClF3NO. The summed E-state index contributed by atoms with van der Waals surface area (Å²) in [7, 11) is 0. The van der Waals surface area contributed by atoms with Gasteiger partial charge in [-0.25, -0.2) is 13.2 Å². The summed E-state index contributed by atoms with van der Waals surface area (Å²) >= 11 is 4.96. The van der Waals surface area contributed by atoms with Gasteiger partial charge in [0.15, 0.2) is 0 Å². The normalized spacial score (nSPS) is 10.7. The van der Waals surface area contributed by atoms with Gasteiger partial charge in [-0.15, -0.1) is 0 Å². The van der Waals surface area contributed by atoms with Gasteiger partial charge < -0.3 is 0 Å². The minimum atomic E-state index is -3.03. The van der Waals surface area contributed by atoms with Crippen LogP contribution in [0, 0.1) is 12.7 Å². The minimum Gasteiger partial charge on any atom is -0.275 e. The number of hydrogen-bond donors (Lipinski definition) is 0. The van der Waals surface area contributed by atoms with E-state index in [1.165, 1.54) is 6.92 Å². The largest absolute Gasteiger partial charge is 0.281 e. The Morgan fingerprint density at radius 3 is 2.57 bits per heavy atom. The molecule has 2 nitrogen and oxygen atoms in total. The molecule has 0 spiro atoms. The van der Waals surface area contributed by atoms with Crippen molar-refractivity contribution in [3.8, 4) is 0 Å². The highest BCUT2D eigenvalue weighted by Gasteiger charge is 2.23. The van der Waals surface area contributed by atoms with Crippen LogP contribution in [-0.2, 0) is 0 Å². The van der Waals surface area contributed by atoms with E-state index in [1.807, 2.05) is 0 Å². The second-order valence-electron chi connectivity index (χ2n) is 2.58. The molecule has 1 heterocycles. The van der Waals surface area contributed by atoms with Gasteiger partial charge in [0.05, 0.1) is 5.56 Å². The second-order valence-corrected chi connectivity index (χ2v) is 2.92. The summed E-state index contributed by atoms with van der Waals surface area (Å²) in [6, 6.07) is 0.876. The first-order chi connectivity index (χ1) is 6.43. The van der Waals surface area contributed by atoms with E-state index in [9.17, 15) is 18.0 Å². The van der Waals surface area contributed by atoms with Crippen LogP contribution >= 0.6 is 11.6 Å². The van der Waals surface area contributed by atoms with Crippen molar-refractivity contribution in [1.29, 1.82) is 0 Å². The van der Waals surface area contributed by atoms with Crippen LogP contribution in [0.1, 0.15) is 28.2 Å². The number of alkyl halides is 2. The first-order valence-electron chi connectivity index (χ1n) is 3.58. The molecular weight excluding hydrogens is 219 g/mol. The maximum Gasteiger partial charge on any atom is 0.281 e. The number of halogens is 4. The Balaban J connectivity index is 3.44. The second kappa shape index (κ2) is 3.96. The van der Waals surface area contributed by atoms with E-state index >= 15 is 0 Å². The number of hydrogen-bond acceptors (Lipinski definition) is 2. The number of carbonyl (C=O) groups is 1. The Morgan fingerprint density at radius 1 is 1.57 bits per heavy atom. The molecule has 0 saturated heterocycles. The fourth-order valence-electron chi connectivity index (χ4n) is 1.01. The average Bonchev–Trinajstić information content (AvgIpc) is 2.01. The molecule has 0 fully saturated rings. The van der Waals surface area contributed by atoms with Crippen molar-refractivity contribution in [2.45, 2.75) is 13.3 Å². The number of aromatic nitrogens is 1. The van der Waals surface area contributed by atoms with Crippen LogP contribution < -0.4 is 0 Å². The third kappa shape index (κ3) is 2.04. The summed E-state index contributed by atoms with van der Waals surface area (Å²) < 4.78 is 37.7. The van der Waals surface area contributed by atoms with Crippen molar-refractivity contribution in [3.05, 3.63) is 28.8 Å². The molecule has 0 aromatic carbocycles. The number of carbonyl (C=O) groups excluding carboxylic acids is 1. The molecule has 0 aliphatic rings. The smallest absolute Gasteiger partial charge is 0.275 e. The van der Waals surface area contributed by atoms with Crippen LogP contribution in [0.4, 0.5) is 13.2 Å². The summed E-state index contributed by atoms with van der Waals surface area (Å²) in [5, 5.41) is -1.27. The standard InChI is InChI=1S/C8H5ClF3NO/c1-3-2-4(10)5(7(9)14)6(13-3)8(11)12/h2,8H,1H3. The molecule has 0 aliphatic heterocycles. The summed E-state index contributed by atoms with van der Waals surface area (Å²) in [6.07, 6.45) is -3.03. The van der Waals surface area contributed by atoms with Gasteiger partial charge in [0, 0.05) is 5.69 Å². The average molecular weight is 224 g/mol. The van der Waals surface area contributed by atoms with E-state index < -0.39 is 28.7 Å². The van der Waals surface area contributed by atoms with Gasteiger partial charge >= 0.3 is 0 Å². The van der Waals surface area contributed by atoms with Crippen molar-refractivity contribution in [2.24, 2.45) is 0 Å². The van der Waals surface area contributed by atoms with Gasteiger partial charge in [-0.1, -0.05) is 0 Å². The summed E-state index contributed by atoms with van der Waals surface area (Å²) in [6.45, 7) is 1.34. The Hall–Kier alpha value is -1.10. The molecule has 0 aliphatic carbocycles. The predicted octanol–water partition coefficient (Wildman–Crippen LogP) is 2.85. The quantitative estimate of drug-likeness (QED) is 0.722. The lowest BCUT2D eigenvalue weighted by Crippen LogP contribution is -2.06. The zero-order chi connectivity index (χ0) is 10.9. The summed E-state index contributed by atoms with van der Waals surface area (Å²) in [4.78, 5) is 14.0. The Morgan fingerprint density at radius 2 is 2.14 bits per heavy atom. The van der Waals surface area contributed by atoms with Gasteiger partial charge in [-0.2, -0.15) is 0 Å². The van der Waals surface area contributed by atoms with Gasteiger partial charge in [-0.05, 0) is 24.6 Å². The lowest BCUT2D eigenvalue weighted by atomic mass is 10.2. The first kappa shape index (κ1) is 11.0. The topological polar surface area (TPSA) is 30.0 Å². The van der Waals surface area contributed by atoms with E-state index in [-0.39, 0.29) is 5.69 Å². The van der Waals surface area contributed by atoms with E-state index in [0.29, 0.717) is 0 Å². The van der Waals surface area contributed by atoms with Crippen LogP contribution in [0.5, 0.6) is 0 Å². The third-order valence-corrected chi connectivity index (χ3v) is 1.72. The van der Waals surface area contributed by atoms with E-state index in [4.69, 9.17) is 11.6 Å². The van der Waals surface area contributed by atoms with Crippen molar-refractivity contribution in [1.82, 2.24) is 4.98 Å². The molecule has 0 atom stereocenters. The summed E-state index contributed by atoms with van der Waals surface area (Å²) in [5.74, 6) is -1.08. The Labute approximate surface area is 82.7 Å². The molecule has 0 unspecified atom stereocenters. The van der Waals surface area contributed by atoms with Gasteiger partial charge in [0.1, 0.15) is 11.5 Å². The molecule has 14 heavy (non-hydrogen) atoms. The van der Waals surface area contributed by atoms with E-state index in [2.05, 4.69) is 4.98 Å². The number of nitrogens with zero attached hydrogens (tertiary/aromatic N) is 1. The number of aryl methyl sites for hydroxylation is 1. The molecule has 0 bridgehead atoms. The molecule has 0 saturated carbocycles. The van der Waals surface area contributed by atoms with E-state index in [0.717, 1.165) is 6.07 Å². The molecule has 6 heteroatoms. The Kier molecular flexibility index (Phi) is 3.10. The van der Waals surface area contributed by atoms with Crippen LogP contribution in [0.3, 0.4) is 0 Å². The molecule has 1 aromatic rings. The lowest BCUT2D eigenvalue weighted by molar-refractivity contribution is 0.105. The van der Waals surface area contributed by atoms with Crippen molar-refractivity contribution in [3.63, 3.8) is 0 Å². The molecule has 0 amide bonds. The lowest BCUT2D eigenvalue weighted by Gasteiger charge is -2.06. The third-order valence-electron chi connectivity index (χ3n) is 1.53. The van der Waals surface area contributed by atoms with Crippen LogP contribution in [0.2, 0.25) is 0 Å². The van der Waals surface area contributed by atoms with Gasteiger partial charge in [-0.3, -0.25) is 9.78 Å². The minimum absolute atomic E-state index is 0.0690. The molecule has 0 N–H and O–H groups in total. The molecule has 0 radical (unpaired) electrons. The maximum absolute atomic E-state index is 13.0. The van der Waals surface area contributed by atoms with Gasteiger partial charge in [0.2, 0.25) is 0 Å². The number of pyridine rings is 1. The SMILES string of the molecule is Cc1cc(F)c(C(=O)Cl)c(C(F)F)n1. The van der Waals surface area contributed by atoms with Crippen molar-refractivity contribution in [2.75, 3.05) is 0 Å². The summed E-state index contributed by atoms with van der Waals surface area (Å²) in [5.41, 5.74) is -1.70. The van der Waals surface area contributed by atoms with E-state index in [1.54, 1.807) is 0 Å². The van der Waals surface area contributed by atoms with Crippen molar-refractivity contribution < 1.29 is 18.0 Å². The van der Waals surface area contributed by atoms with Crippen LogP contribution in [0.15, 0.2) is 6.07 Å². The van der Waals surface area contributed by atoms with Crippen molar-refractivity contribution >= 4 is 16.8 Å². The fraction of sp³-hybridized carbons (Fsp3) is 0.250. The maximum atomic E-state index is 13.0. The molecule has 76 valence electrons.